The minimum atomic E-state index is -1.20. The molecule has 18 nitrogen and oxygen atoms in total. The van der Waals surface area contributed by atoms with Crippen LogP contribution >= 0.6 is 15.9 Å². The largest absolute Gasteiger partial charge is 0.361 e. The smallest absolute Gasteiger partial charge is 0.259 e. The van der Waals surface area contributed by atoms with Gasteiger partial charge in [-0.15, -0.1) is 0 Å². The average molecular weight is 1220 g/mol. The van der Waals surface area contributed by atoms with Crippen LogP contribution in [0.1, 0.15) is 114 Å². The van der Waals surface area contributed by atoms with Crippen molar-refractivity contribution in [2.75, 3.05) is 37.1 Å². The molecule has 0 fully saturated rings. The van der Waals surface area contributed by atoms with E-state index in [1.54, 1.807) is 63.1 Å². The lowest BCUT2D eigenvalue weighted by Gasteiger charge is -2.17. The minimum absolute atomic E-state index is 0.0257. The van der Waals surface area contributed by atoms with Gasteiger partial charge in [0.05, 0.1) is 35.3 Å². The van der Waals surface area contributed by atoms with Crippen LogP contribution < -0.4 is 9.80 Å². The van der Waals surface area contributed by atoms with E-state index < -0.39 is 32.4 Å². The molecule has 0 bridgehead atoms. The molecule has 0 radical (unpaired) electrons. The van der Waals surface area contributed by atoms with Crippen molar-refractivity contribution < 1.29 is 33.4 Å². The predicted octanol–water partition coefficient (Wildman–Crippen LogP) is 13.4. The topological polar surface area (TPSA) is 213 Å². The van der Waals surface area contributed by atoms with Crippen molar-refractivity contribution >= 4 is 106 Å². The van der Waals surface area contributed by atoms with Crippen molar-refractivity contribution in [2.24, 2.45) is 16.2 Å². The Morgan fingerprint density at radius 2 is 0.915 bits per heavy atom. The standard InChI is InChI=1S/C25H34N4O3Si.C19H20N4O2.C17H26BrN3O2Si/c1-25(2,3)22(30)19-16-29(17-32-13-14-33(5,6)7)23-21(19)27-20(15-26-23)28(4)24(31)18-11-9-8-10-12-18;1-19(2,3)16(24)13-10-20-17-15(13)22-14(11-21-17)23(4)18(25)12-8-6-5-7-9-12;1-17(2,3)15(22)12-10-21(11-23-7-8-24(4,5)6)16-14(12)20-13(18)9-19-16/h8-12,15-16H,13-14,17H2,1-7H3;5-11H,1-4H3,(H,20,21);9-10H,7-8,11H2,1-6H3. The van der Waals surface area contributed by atoms with E-state index in [9.17, 15) is 24.0 Å². The number of ketones is 3. The summed E-state index contributed by atoms with van der Waals surface area (Å²) in [5, 5.41) is 0. The maximum atomic E-state index is 13.2. The lowest BCUT2D eigenvalue weighted by molar-refractivity contribution is 0.0842. The summed E-state index contributed by atoms with van der Waals surface area (Å²) in [6.45, 7) is 32.9. The van der Waals surface area contributed by atoms with Crippen LogP contribution in [0.5, 0.6) is 0 Å². The van der Waals surface area contributed by atoms with Gasteiger partial charge in [0.15, 0.2) is 45.9 Å². The first-order valence-electron chi connectivity index (χ1n) is 27.3. The van der Waals surface area contributed by atoms with Gasteiger partial charge in [0, 0.05) is 89.4 Å². The Kier molecular flexibility index (Phi) is 20.5. The van der Waals surface area contributed by atoms with Crippen LogP contribution in [0.25, 0.3) is 33.5 Å². The number of carbonyl (C=O) groups excluding carboxylic acids is 5. The Labute approximate surface area is 492 Å². The third-order valence-electron chi connectivity index (χ3n) is 13.0. The molecule has 0 atom stereocenters. The van der Waals surface area contributed by atoms with Crippen LogP contribution in [0.2, 0.25) is 51.4 Å². The van der Waals surface area contributed by atoms with Crippen molar-refractivity contribution in [3.63, 3.8) is 0 Å². The van der Waals surface area contributed by atoms with Gasteiger partial charge in [-0.3, -0.25) is 33.8 Å². The molecule has 82 heavy (non-hydrogen) atoms. The van der Waals surface area contributed by atoms with Gasteiger partial charge in [0.1, 0.15) is 34.6 Å². The van der Waals surface area contributed by atoms with Crippen LogP contribution in [0.15, 0.2) is 102 Å². The van der Waals surface area contributed by atoms with Crippen molar-refractivity contribution in [2.45, 2.75) is 127 Å². The molecule has 2 aromatic carbocycles. The molecule has 0 saturated heterocycles. The zero-order valence-corrected chi connectivity index (χ0v) is 54.3. The molecule has 6 aromatic heterocycles. The lowest BCUT2D eigenvalue weighted by Crippen LogP contribution is -2.27. The molecule has 6 heterocycles. The highest BCUT2D eigenvalue weighted by molar-refractivity contribution is 9.10. The van der Waals surface area contributed by atoms with Gasteiger partial charge in [0.25, 0.3) is 11.8 Å². The zero-order chi connectivity index (χ0) is 60.7. The molecule has 21 heteroatoms. The van der Waals surface area contributed by atoms with Gasteiger partial charge in [-0.2, -0.15) is 0 Å². The number of hydrogen-bond donors (Lipinski definition) is 1. The number of amides is 2. The first-order chi connectivity index (χ1) is 38.2. The maximum Gasteiger partial charge on any atom is 0.259 e. The number of halogens is 1. The second-order valence-electron chi connectivity index (χ2n) is 25.8. The minimum Gasteiger partial charge on any atom is -0.361 e. The number of rotatable bonds is 17. The second-order valence-corrected chi connectivity index (χ2v) is 37.9. The predicted molar refractivity (Wildman–Crippen MR) is 335 cm³/mol. The number of hydrogen-bond acceptors (Lipinski definition) is 13. The highest BCUT2D eigenvalue weighted by atomic mass is 79.9. The van der Waals surface area contributed by atoms with E-state index in [1.165, 1.54) is 16.0 Å². The summed E-state index contributed by atoms with van der Waals surface area (Å²) in [6.07, 6.45) is 9.94. The van der Waals surface area contributed by atoms with Crippen molar-refractivity contribution in [1.29, 1.82) is 0 Å². The first-order valence-corrected chi connectivity index (χ1v) is 35.5. The zero-order valence-electron chi connectivity index (χ0n) is 50.7. The molecule has 0 saturated carbocycles. The molecule has 2 amide bonds. The number of H-pyrrole nitrogens is 1. The number of benzene rings is 2. The number of aromatic amines is 1. The fraction of sp³-hybridized carbons (Fsp3) is 0.426. The van der Waals surface area contributed by atoms with E-state index in [-0.39, 0.29) is 29.2 Å². The third kappa shape index (κ3) is 16.6. The van der Waals surface area contributed by atoms with E-state index in [1.807, 2.05) is 114 Å². The monoisotopic (exact) mass is 1210 g/mol. The Balaban J connectivity index is 0.000000201. The summed E-state index contributed by atoms with van der Waals surface area (Å²) >= 11 is 3.34. The van der Waals surface area contributed by atoms with Gasteiger partial charge >= 0.3 is 0 Å². The number of nitrogens with zero attached hydrogens (tertiary/aromatic N) is 10. The Hall–Kier alpha value is -6.92. The molecule has 436 valence electrons. The molecule has 8 rings (SSSR count). The van der Waals surface area contributed by atoms with Gasteiger partial charge < -0.3 is 23.6 Å². The number of fused-ring (bicyclic) bond motifs is 3. The van der Waals surface area contributed by atoms with E-state index in [0.717, 1.165) is 18.7 Å². The molecule has 0 aliphatic rings. The van der Waals surface area contributed by atoms with E-state index >= 15 is 0 Å². The molecular formula is C61H80BrN11O7Si2. The maximum absolute atomic E-state index is 13.2. The average Bonchev–Trinajstić information content (AvgIpc) is 4.23. The van der Waals surface area contributed by atoms with Gasteiger partial charge in [-0.25, -0.2) is 29.9 Å². The molecular weight excluding hydrogens is 1130 g/mol. The molecule has 0 unspecified atom stereocenters. The summed E-state index contributed by atoms with van der Waals surface area (Å²) in [5.74, 6) is 0.399. The molecule has 8 aromatic rings. The van der Waals surface area contributed by atoms with Gasteiger partial charge in [-0.05, 0) is 52.3 Å². The Bertz CT molecular complexity index is 3570. The van der Waals surface area contributed by atoms with Crippen LogP contribution in [-0.4, -0.2) is 117 Å². The number of anilines is 2. The number of carbonyl (C=O) groups is 5. The third-order valence-corrected chi connectivity index (χ3v) is 16.8. The summed E-state index contributed by atoms with van der Waals surface area (Å²) in [7, 11) is 0.986. The molecule has 1 N–H and O–H groups in total. The number of aromatic nitrogens is 9. The fourth-order valence-electron chi connectivity index (χ4n) is 8.03. The van der Waals surface area contributed by atoms with Crippen LogP contribution in [0, 0.1) is 16.2 Å². The molecule has 0 aliphatic carbocycles. The lowest BCUT2D eigenvalue weighted by atomic mass is 9.87. The van der Waals surface area contributed by atoms with Gasteiger partial charge in [0.2, 0.25) is 0 Å². The first kappa shape index (κ1) is 64.3. The Morgan fingerprint density at radius 3 is 1.33 bits per heavy atom. The Morgan fingerprint density at radius 1 is 0.537 bits per heavy atom. The molecule has 0 spiro atoms. The fourth-order valence-corrected chi connectivity index (χ4v) is 9.82. The van der Waals surface area contributed by atoms with Gasteiger partial charge in [-0.1, -0.05) is 138 Å². The summed E-state index contributed by atoms with van der Waals surface area (Å²) in [5.41, 5.74) is 4.46. The molecule has 0 aliphatic heterocycles. The second kappa shape index (κ2) is 26.1. The number of Topliss-reactive ketones (excluding diaryl/α,β-unsaturated/α-hetero) is 3. The highest BCUT2D eigenvalue weighted by Gasteiger charge is 2.31. The summed E-state index contributed by atoms with van der Waals surface area (Å²) < 4.78 is 16.1. The van der Waals surface area contributed by atoms with Crippen LogP contribution in [-0.2, 0) is 22.9 Å². The van der Waals surface area contributed by atoms with Crippen LogP contribution in [0.3, 0.4) is 0 Å². The van der Waals surface area contributed by atoms with Crippen molar-refractivity contribution in [1.82, 2.24) is 44.0 Å². The van der Waals surface area contributed by atoms with Crippen molar-refractivity contribution in [3.05, 3.63) is 130 Å². The highest BCUT2D eigenvalue weighted by Crippen LogP contribution is 2.31. The quantitative estimate of drug-likeness (QED) is 0.0511. The number of nitrogens with one attached hydrogen (secondary N) is 1. The van der Waals surface area contributed by atoms with Crippen LogP contribution in [0.4, 0.5) is 11.6 Å². The van der Waals surface area contributed by atoms with E-state index in [0.29, 0.717) is 97.6 Å². The summed E-state index contributed by atoms with van der Waals surface area (Å²) in [4.78, 5) is 96.8. The van der Waals surface area contributed by atoms with E-state index in [4.69, 9.17) is 14.5 Å². The number of ether oxygens (including phenoxy) is 2. The SMILES string of the molecule is CC(C)(C)C(=O)c1cn(COCC[Si](C)(C)C)c2ncc(Br)nc12.CN(C(=O)c1ccccc1)c1cnc2[nH]cc(C(=O)C(C)(C)C)c2n1.CN(C(=O)c1ccccc1)c1cnc2c(n1)c(C(=O)C(C)(C)C)cn2COCC[Si](C)(C)C. The van der Waals surface area contributed by atoms with Crippen molar-refractivity contribution in [3.8, 4) is 0 Å². The normalized spacial score (nSPS) is 12.2. The summed E-state index contributed by atoms with van der Waals surface area (Å²) in [6, 6.07) is 20.1. The van der Waals surface area contributed by atoms with E-state index in [2.05, 4.69) is 85.1 Å².